The predicted molar refractivity (Wildman–Crippen MR) is 162 cm³/mol. The molecule has 5 aromatic rings. The van der Waals surface area contributed by atoms with Crippen molar-refractivity contribution in [1.29, 1.82) is 0 Å². The van der Waals surface area contributed by atoms with Crippen LogP contribution in [-0.2, 0) is 23.6 Å². The number of sulfonamides is 1. The zero-order valence-electron chi connectivity index (χ0n) is 21.9. The van der Waals surface area contributed by atoms with Gasteiger partial charge in [0.25, 0.3) is 11.5 Å². The summed E-state index contributed by atoms with van der Waals surface area (Å²) in [6, 6.07) is 7.96. The van der Waals surface area contributed by atoms with Gasteiger partial charge in [-0.25, -0.2) is 17.9 Å². The van der Waals surface area contributed by atoms with Gasteiger partial charge in [0, 0.05) is 66.3 Å². The van der Waals surface area contributed by atoms with E-state index in [9.17, 15) is 18.0 Å². The topological polar surface area (TPSA) is 171 Å². The lowest BCUT2D eigenvalue weighted by Gasteiger charge is -2.21. The normalized spacial score (nSPS) is 12.3. The number of hydrogen-bond acceptors (Lipinski definition) is 8. The van der Waals surface area contributed by atoms with Crippen LogP contribution < -0.4 is 19.5 Å². The third kappa shape index (κ3) is 5.80. The Hall–Kier alpha value is -4.27. The standard InChI is InChI=1S/C26H24IN9O4S/c1-16(31-25(37)22-23(28)32-36-10-4-9-29-24(22)36)20-13-19-6-3-5-18(8-7-17-14-30-34(2)15-17)21(19)26(38)35(20)11-12-41(39,40)33-27/h3-6,9-10,13-16,33H,11-12H2,1-2H3,(H2,28,32)(H,31,37). The number of hydrogen-bond donors (Lipinski definition) is 3. The van der Waals surface area contributed by atoms with Crippen molar-refractivity contribution >= 4 is 61.0 Å². The first-order chi connectivity index (χ1) is 19.6. The molecule has 0 bridgehead atoms. The minimum atomic E-state index is -3.66. The van der Waals surface area contributed by atoms with Gasteiger partial charge in [-0.05, 0) is 30.5 Å². The summed E-state index contributed by atoms with van der Waals surface area (Å²) in [5.74, 6) is 5.16. The zero-order chi connectivity index (χ0) is 29.3. The van der Waals surface area contributed by atoms with Crippen LogP contribution in [0.4, 0.5) is 5.82 Å². The highest BCUT2D eigenvalue weighted by molar-refractivity contribution is 14.1. The lowest BCUT2D eigenvalue weighted by molar-refractivity contribution is 0.0940. The number of carbonyl (C=O) groups excluding carboxylic acids is 1. The number of halogens is 1. The first-order valence-corrected chi connectivity index (χ1v) is 15.0. The second-order valence-electron chi connectivity index (χ2n) is 9.19. The second kappa shape index (κ2) is 11.3. The molecule has 5 rings (SSSR count). The molecule has 210 valence electrons. The molecule has 1 aromatic carbocycles. The maximum atomic E-state index is 13.9. The maximum Gasteiger partial charge on any atom is 0.259 e. The van der Waals surface area contributed by atoms with Gasteiger partial charge in [0.05, 0.1) is 28.9 Å². The fourth-order valence-electron chi connectivity index (χ4n) is 4.45. The van der Waals surface area contributed by atoms with Crippen LogP contribution in [0.2, 0.25) is 0 Å². The van der Waals surface area contributed by atoms with Crippen LogP contribution >= 0.6 is 22.9 Å². The number of nitrogens with zero attached hydrogens (tertiary/aromatic N) is 6. The number of benzene rings is 1. The number of carbonyl (C=O) groups is 1. The van der Waals surface area contributed by atoms with Crippen LogP contribution in [0.3, 0.4) is 0 Å². The van der Waals surface area contributed by atoms with E-state index in [0.29, 0.717) is 27.6 Å². The summed E-state index contributed by atoms with van der Waals surface area (Å²) >= 11 is 1.54. The van der Waals surface area contributed by atoms with Crippen molar-refractivity contribution in [2.45, 2.75) is 19.5 Å². The Labute approximate surface area is 248 Å². The van der Waals surface area contributed by atoms with Crippen molar-refractivity contribution < 1.29 is 13.2 Å². The third-order valence-corrected chi connectivity index (χ3v) is 9.33. The molecular weight excluding hydrogens is 661 g/mol. The molecule has 4 heterocycles. The molecule has 0 fully saturated rings. The lowest BCUT2D eigenvalue weighted by atomic mass is 10.0. The number of aryl methyl sites for hydroxylation is 1. The van der Waals surface area contributed by atoms with E-state index >= 15 is 0 Å². The molecule has 0 radical (unpaired) electrons. The second-order valence-corrected chi connectivity index (χ2v) is 12.3. The highest BCUT2D eigenvalue weighted by atomic mass is 127. The van der Waals surface area contributed by atoms with Crippen molar-refractivity contribution in [3.05, 3.63) is 87.9 Å². The number of aromatic nitrogens is 6. The summed E-state index contributed by atoms with van der Waals surface area (Å²) in [6.45, 7) is 1.54. The zero-order valence-corrected chi connectivity index (χ0v) is 24.8. The minimum Gasteiger partial charge on any atom is -0.381 e. The van der Waals surface area contributed by atoms with E-state index in [1.807, 2.05) is 0 Å². The summed E-state index contributed by atoms with van der Waals surface area (Å²) in [5, 5.41) is 12.0. The summed E-state index contributed by atoms with van der Waals surface area (Å²) in [7, 11) is -1.88. The molecule has 15 heteroatoms. The average Bonchev–Trinajstić information content (AvgIpc) is 3.52. The predicted octanol–water partition coefficient (Wildman–Crippen LogP) is 1.52. The molecule has 0 spiro atoms. The van der Waals surface area contributed by atoms with E-state index in [4.69, 9.17) is 5.73 Å². The fraction of sp³-hybridized carbons (Fsp3) is 0.192. The molecule has 1 amide bonds. The molecule has 1 unspecified atom stereocenters. The number of amides is 1. The molecular formula is C26H24IN9O4S. The van der Waals surface area contributed by atoms with Crippen LogP contribution in [0.5, 0.6) is 0 Å². The van der Waals surface area contributed by atoms with Gasteiger partial charge < -0.3 is 15.6 Å². The lowest BCUT2D eigenvalue weighted by Crippen LogP contribution is -2.35. The largest absolute Gasteiger partial charge is 0.381 e. The first-order valence-electron chi connectivity index (χ1n) is 12.2. The monoisotopic (exact) mass is 685 g/mol. The van der Waals surface area contributed by atoms with Crippen molar-refractivity contribution in [2.24, 2.45) is 7.05 Å². The van der Waals surface area contributed by atoms with Crippen LogP contribution in [0, 0.1) is 11.8 Å². The Morgan fingerprint density at radius 3 is 2.78 bits per heavy atom. The highest BCUT2D eigenvalue weighted by Crippen LogP contribution is 2.22. The number of nitrogens with two attached hydrogens (primary N) is 1. The van der Waals surface area contributed by atoms with E-state index in [1.54, 1.807) is 67.6 Å². The quantitative estimate of drug-likeness (QED) is 0.132. The number of nitrogen functional groups attached to an aromatic ring is 1. The van der Waals surface area contributed by atoms with Gasteiger partial charge in [0.2, 0.25) is 10.0 Å². The minimum absolute atomic E-state index is 0.000322. The summed E-state index contributed by atoms with van der Waals surface area (Å²) < 4.78 is 31.2. The summed E-state index contributed by atoms with van der Waals surface area (Å²) in [6.07, 6.45) is 6.52. The molecule has 41 heavy (non-hydrogen) atoms. The Morgan fingerprint density at radius 2 is 2.05 bits per heavy atom. The van der Waals surface area contributed by atoms with E-state index in [0.717, 1.165) is 0 Å². The van der Waals surface area contributed by atoms with Gasteiger partial charge in [-0.15, -0.1) is 5.10 Å². The van der Waals surface area contributed by atoms with Gasteiger partial charge in [-0.3, -0.25) is 14.3 Å². The van der Waals surface area contributed by atoms with Gasteiger partial charge >= 0.3 is 0 Å². The molecule has 0 aliphatic heterocycles. The highest BCUT2D eigenvalue weighted by Gasteiger charge is 2.24. The van der Waals surface area contributed by atoms with Crippen LogP contribution in [-0.4, -0.2) is 49.0 Å². The molecule has 13 nitrogen and oxygen atoms in total. The van der Waals surface area contributed by atoms with Crippen LogP contribution in [0.1, 0.15) is 40.1 Å². The van der Waals surface area contributed by atoms with E-state index in [1.165, 1.54) is 38.1 Å². The van der Waals surface area contributed by atoms with Gasteiger partial charge in [-0.1, -0.05) is 24.0 Å². The third-order valence-electron chi connectivity index (χ3n) is 6.36. The van der Waals surface area contributed by atoms with E-state index < -0.39 is 27.5 Å². The Balaban J connectivity index is 1.59. The Bertz CT molecular complexity index is 2040. The Morgan fingerprint density at radius 1 is 1.24 bits per heavy atom. The van der Waals surface area contributed by atoms with Gasteiger partial charge in [0.1, 0.15) is 5.56 Å². The number of pyridine rings is 1. The molecule has 4 N–H and O–H groups in total. The van der Waals surface area contributed by atoms with Crippen LogP contribution in [0.25, 0.3) is 16.4 Å². The van der Waals surface area contributed by atoms with E-state index in [-0.39, 0.29) is 29.3 Å². The number of nitrogens with one attached hydrogen (secondary N) is 2. The van der Waals surface area contributed by atoms with Crippen molar-refractivity contribution in [3.63, 3.8) is 0 Å². The van der Waals surface area contributed by atoms with E-state index in [2.05, 4.69) is 35.3 Å². The first kappa shape index (κ1) is 28.3. The fourth-order valence-corrected chi connectivity index (χ4v) is 5.61. The molecule has 0 aliphatic carbocycles. The number of rotatable bonds is 7. The molecule has 0 saturated heterocycles. The number of anilines is 1. The van der Waals surface area contributed by atoms with Crippen LogP contribution in [0.15, 0.2) is 59.9 Å². The molecule has 4 aromatic heterocycles. The molecule has 1 atom stereocenters. The van der Waals surface area contributed by atoms with Crippen molar-refractivity contribution in [1.82, 2.24) is 37.2 Å². The number of fused-ring (bicyclic) bond motifs is 2. The maximum absolute atomic E-state index is 13.9. The molecule has 0 aliphatic rings. The van der Waals surface area contributed by atoms with Crippen molar-refractivity contribution in [2.75, 3.05) is 11.5 Å². The smallest absolute Gasteiger partial charge is 0.259 e. The SMILES string of the molecule is CC(NC(=O)c1c(N)nn2cccnc12)c1cc2cccc(C#Cc3cnn(C)c3)c2c(=O)n1CCS(=O)(=O)NI. The van der Waals surface area contributed by atoms with Gasteiger partial charge in [-0.2, -0.15) is 8.03 Å². The molecule has 0 saturated carbocycles. The summed E-state index contributed by atoms with van der Waals surface area (Å²) in [5.41, 5.74) is 7.52. The van der Waals surface area contributed by atoms with Gasteiger partial charge in [0.15, 0.2) is 11.5 Å². The Kier molecular flexibility index (Phi) is 7.80. The van der Waals surface area contributed by atoms with Crippen molar-refractivity contribution in [3.8, 4) is 11.8 Å². The summed E-state index contributed by atoms with van der Waals surface area (Å²) in [4.78, 5) is 31.5. The average molecular weight is 686 g/mol.